The molecule has 1 aliphatic rings. The van der Waals surface area contributed by atoms with Gasteiger partial charge in [-0.25, -0.2) is 0 Å². The third-order valence-corrected chi connectivity index (χ3v) is 5.24. The van der Waals surface area contributed by atoms with Gasteiger partial charge >= 0.3 is 0 Å². The van der Waals surface area contributed by atoms with E-state index in [0.717, 1.165) is 47.4 Å². The molecule has 2 heterocycles. The van der Waals surface area contributed by atoms with Crippen molar-refractivity contribution in [1.29, 1.82) is 0 Å². The molecule has 3 aromatic rings. The number of aliphatic hydroxyl groups excluding tert-OH is 1. The lowest BCUT2D eigenvalue weighted by Gasteiger charge is -2.32. The van der Waals surface area contributed by atoms with Crippen molar-refractivity contribution in [2.75, 3.05) is 30.4 Å². The number of pyridine rings is 1. The standard InChI is InChI=1S/C22H25N3O3/c1-28-20-8-9-21-15(12-20)11-16(22(27)24-21)13-23-17-4-6-18(7-5-17)25-10-2-3-19(26)14-25/h4-9,11-12,19,23,26H,2-3,10,13-14H2,1H3,(H,24,27). The lowest BCUT2D eigenvalue weighted by atomic mass is 10.1. The topological polar surface area (TPSA) is 77.6 Å². The number of hydrogen-bond donors (Lipinski definition) is 3. The number of hydrogen-bond acceptors (Lipinski definition) is 5. The molecule has 1 aromatic heterocycles. The summed E-state index contributed by atoms with van der Waals surface area (Å²) in [4.78, 5) is 17.5. The first-order chi connectivity index (χ1) is 13.6. The zero-order valence-electron chi connectivity index (χ0n) is 15.9. The van der Waals surface area contributed by atoms with E-state index in [0.29, 0.717) is 18.7 Å². The maximum absolute atomic E-state index is 12.3. The van der Waals surface area contributed by atoms with Crippen LogP contribution in [0, 0.1) is 0 Å². The molecule has 0 spiro atoms. The highest BCUT2D eigenvalue weighted by atomic mass is 16.5. The summed E-state index contributed by atoms with van der Waals surface area (Å²) < 4.78 is 5.26. The number of H-pyrrole nitrogens is 1. The van der Waals surface area contributed by atoms with Crippen molar-refractivity contribution < 1.29 is 9.84 Å². The zero-order chi connectivity index (χ0) is 19.5. The molecular formula is C22H25N3O3. The highest BCUT2D eigenvalue weighted by Gasteiger charge is 2.17. The summed E-state index contributed by atoms with van der Waals surface area (Å²) in [6.07, 6.45) is 1.64. The maximum atomic E-state index is 12.3. The van der Waals surface area contributed by atoms with Crippen LogP contribution in [-0.2, 0) is 6.54 Å². The largest absolute Gasteiger partial charge is 0.497 e. The summed E-state index contributed by atoms with van der Waals surface area (Å²) in [7, 11) is 1.63. The summed E-state index contributed by atoms with van der Waals surface area (Å²) >= 11 is 0. The number of methoxy groups -OCH3 is 1. The Hall–Kier alpha value is -2.99. The molecule has 1 fully saturated rings. The smallest absolute Gasteiger partial charge is 0.253 e. The van der Waals surface area contributed by atoms with E-state index in [1.54, 1.807) is 7.11 Å². The Morgan fingerprint density at radius 1 is 1.21 bits per heavy atom. The molecule has 1 saturated heterocycles. The Morgan fingerprint density at radius 3 is 2.79 bits per heavy atom. The Labute approximate surface area is 163 Å². The van der Waals surface area contributed by atoms with Gasteiger partial charge in [-0.1, -0.05) is 0 Å². The molecule has 0 saturated carbocycles. The van der Waals surface area contributed by atoms with Crippen LogP contribution in [0.3, 0.4) is 0 Å². The molecule has 2 aromatic carbocycles. The van der Waals surface area contributed by atoms with Crippen molar-refractivity contribution in [3.05, 3.63) is 64.4 Å². The van der Waals surface area contributed by atoms with Crippen molar-refractivity contribution in [2.24, 2.45) is 0 Å². The van der Waals surface area contributed by atoms with Crippen molar-refractivity contribution in [3.8, 4) is 5.75 Å². The predicted molar refractivity (Wildman–Crippen MR) is 112 cm³/mol. The molecule has 1 atom stereocenters. The number of anilines is 2. The van der Waals surface area contributed by atoms with Crippen LogP contribution in [0.4, 0.5) is 11.4 Å². The third kappa shape index (κ3) is 3.97. The minimum absolute atomic E-state index is 0.0934. The lowest BCUT2D eigenvalue weighted by Crippen LogP contribution is -2.38. The lowest BCUT2D eigenvalue weighted by molar-refractivity contribution is 0.154. The van der Waals surface area contributed by atoms with Gasteiger partial charge in [0.25, 0.3) is 5.56 Å². The molecule has 28 heavy (non-hydrogen) atoms. The van der Waals surface area contributed by atoms with Gasteiger partial charge in [-0.05, 0) is 61.4 Å². The van der Waals surface area contributed by atoms with E-state index >= 15 is 0 Å². The predicted octanol–water partition coefficient (Wildman–Crippen LogP) is 3.11. The molecule has 1 aliphatic heterocycles. The summed E-state index contributed by atoms with van der Waals surface area (Å²) in [5.41, 5.74) is 3.43. The zero-order valence-corrected chi connectivity index (χ0v) is 15.9. The van der Waals surface area contributed by atoms with Gasteiger partial charge in [0, 0.05) is 47.5 Å². The Kier molecular flexibility index (Phi) is 5.21. The number of benzene rings is 2. The number of β-amino-alcohol motifs (C(OH)–C–C–N with tert-alkyl or cyclic N) is 1. The van der Waals surface area contributed by atoms with E-state index in [2.05, 4.69) is 27.3 Å². The SMILES string of the molecule is COc1ccc2[nH]c(=O)c(CNc3ccc(N4CCCC(O)C4)cc3)cc2c1. The summed E-state index contributed by atoms with van der Waals surface area (Å²) in [6.45, 7) is 2.09. The van der Waals surface area contributed by atoms with Crippen LogP contribution in [0.5, 0.6) is 5.75 Å². The number of nitrogens with one attached hydrogen (secondary N) is 2. The Morgan fingerprint density at radius 2 is 2.04 bits per heavy atom. The molecule has 6 nitrogen and oxygen atoms in total. The van der Waals surface area contributed by atoms with Gasteiger partial charge in [-0.15, -0.1) is 0 Å². The first-order valence-electron chi connectivity index (χ1n) is 9.59. The van der Waals surface area contributed by atoms with Crippen LogP contribution in [0.25, 0.3) is 10.9 Å². The van der Waals surface area contributed by atoms with Gasteiger partial charge < -0.3 is 25.0 Å². The van der Waals surface area contributed by atoms with Crippen LogP contribution in [0.2, 0.25) is 0 Å². The van der Waals surface area contributed by atoms with Gasteiger partial charge in [0.1, 0.15) is 5.75 Å². The van der Waals surface area contributed by atoms with E-state index in [9.17, 15) is 9.90 Å². The number of nitrogens with zero attached hydrogens (tertiary/aromatic N) is 1. The minimum Gasteiger partial charge on any atom is -0.497 e. The third-order valence-electron chi connectivity index (χ3n) is 5.24. The molecule has 6 heteroatoms. The Bertz CT molecular complexity index is 1010. The van der Waals surface area contributed by atoms with E-state index < -0.39 is 0 Å². The first-order valence-corrected chi connectivity index (χ1v) is 9.59. The molecule has 1 unspecified atom stereocenters. The van der Waals surface area contributed by atoms with Gasteiger partial charge in [-0.2, -0.15) is 0 Å². The van der Waals surface area contributed by atoms with Crippen LogP contribution in [0.15, 0.2) is 53.3 Å². The normalized spacial score (nSPS) is 16.9. The average Bonchev–Trinajstić information content (AvgIpc) is 2.72. The number of aliphatic hydroxyl groups is 1. The highest BCUT2D eigenvalue weighted by molar-refractivity contribution is 5.80. The van der Waals surface area contributed by atoms with Gasteiger partial charge in [0.2, 0.25) is 0 Å². The molecule has 0 radical (unpaired) electrons. The molecule has 4 rings (SSSR count). The molecule has 3 N–H and O–H groups in total. The van der Waals surface area contributed by atoms with E-state index in [1.165, 1.54) is 0 Å². The summed E-state index contributed by atoms with van der Waals surface area (Å²) in [5, 5.41) is 14.1. The minimum atomic E-state index is -0.246. The van der Waals surface area contributed by atoms with Crippen molar-refractivity contribution >= 4 is 22.3 Å². The molecular weight excluding hydrogens is 354 g/mol. The number of piperidine rings is 1. The second kappa shape index (κ2) is 7.94. The molecule has 146 valence electrons. The molecule has 0 bridgehead atoms. The second-order valence-corrected chi connectivity index (χ2v) is 7.22. The van der Waals surface area contributed by atoms with Crippen molar-refractivity contribution in [2.45, 2.75) is 25.5 Å². The van der Waals surface area contributed by atoms with Crippen molar-refractivity contribution in [1.82, 2.24) is 4.98 Å². The Balaban J connectivity index is 1.46. The molecule has 0 amide bonds. The van der Waals surface area contributed by atoms with E-state index in [4.69, 9.17) is 4.74 Å². The van der Waals surface area contributed by atoms with E-state index in [1.807, 2.05) is 36.4 Å². The number of rotatable bonds is 5. The molecule has 0 aliphatic carbocycles. The first kappa shape index (κ1) is 18.4. The van der Waals surface area contributed by atoms with Gasteiger partial charge in [0.05, 0.1) is 13.2 Å². The second-order valence-electron chi connectivity index (χ2n) is 7.22. The highest BCUT2D eigenvalue weighted by Crippen LogP contribution is 2.23. The number of aromatic nitrogens is 1. The number of fused-ring (bicyclic) bond motifs is 1. The van der Waals surface area contributed by atoms with Crippen LogP contribution in [-0.4, -0.2) is 36.4 Å². The summed E-state index contributed by atoms with van der Waals surface area (Å²) in [5.74, 6) is 0.761. The fraction of sp³-hybridized carbons (Fsp3) is 0.318. The fourth-order valence-corrected chi connectivity index (χ4v) is 3.66. The van der Waals surface area contributed by atoms with Gasteiger partial charge in [-0.3, -0.25) is 4.79 Å². The summed E-state index contributed by atoms with van der Waals surface area (Å²) in [6, 6.07) is 15.6. The van der Waals surface area contributed by atoms with Crippen molar-refractivity contribution in [3.63, 3.8) is 0 Å². The fourth-order valence-electron chi connectivity index (χ4n) is 3.66. The van der Waals surface area contributed by atoms with Crippen LogP contribution >= 0.6 is 0 Å². The quantitative estimate of drug-likeness (QED) is 0.635. The van der Waals surface area contributed by atoms with Crippen LogP contribution in [0.1, 0.15) is 18.4 Å². The number of aromatic amines is 1. The number of ether oxygens (including phenoxy) is 1. The monoisotopic (exact) mass is 379 g/mol. The average molecular weight is 379 g/mol. The maximum Gasteiger partial charge on any atom is 0.253 e. The van der Waals surface area contributed by atoms with Crippen LogP contribution < -0.4 is 20.5 Å². The van der Waals surface area contributed by atoms with E-state index in [-0.39, 0.29) is 11.7 Å². The van der Waals surface area contributed by atoms with Gasteiger partial charge in [0.15, 0.2) is 0 Å².